The van der Waals surface area contributed by atoms with Gasteiger partial charge in [0.2, 0.25) is 0 Å². The first-order valence-electron chi connectivity index (χ1n) is 8.07. The molecule has 0 aromatic rings. The number of hydrogen-bond donors (Lipinski definition) is 1. The van der Waals surface area contributed by atoms with Crippen molar-refractivity contribution in [1.82, 2.24) is 5.32 Å². The van der Waals surface area contributed by atoms with Gasteiger partial charge >= 0.3 is 0 Å². The van der Waals surface area contributed by atoms with Crippen LogP contribution in [0, 0.1) is 23.7 Å². The summed E-state index contributed by atoms with van der Waals surface area (Å²) >= 11 is 2.01. The Morgan fingerprint density at radius 1 is 1.16 bits per heavy atom. The summed E-state index contributed by atoms with van der Waals surface area (Å²) in [7, 11) is 0. The molecule has 2 heteroatoms. The highest BCUT2D eigenvalue weighted by molar-refractivity contribution is 7.98. The first-order valence-corrected chi connectivity index (χ1v) is 9.47. The molecule has 0 aliphatic heterocycles. The minimum Gasteiger partial charge on any atom is -0.312 e. The molecular formula is C17H35NS. The minimum absolute atomic E-state index is 0.263. The smallest absolute Gasteiger partial charge is 0.00966 e. The number of nitrogens with one attached hydrogen (secondary N) is 1. The van der Waals surface area contributed by atoms with Crippen LogP contribution in [0.2, 0.25) is 0 Å². The van der Waals surface area contributed by atoms with Gasteiger partial charge in [-0.05, 0) is 88.7 Å². The molecule has 1 fully saturated rings. The molecule has 3 atom stereocenters. The molecule has 0 amide bonds. The largest absolute Gasteiger partial charge is 0.312 e. The van der Waals surface area contributed by atoms with E-state index in [1.807, 2.05) is 11.8 Å². The second-order valence-corrected chi connectivity index (χ2v) is 8.74. The molecule has 0 heterocycles. The van der Waals surface area contributed by atoms with E-state index in [4.69, 9.17) is 0 Å². The molecule has 1 N–H and O–H groups in total. The van der Waals surface area contributed by atoms with Gasteiger partial charge in [0.15, 0.2) is 0 Å². The van der Waals surface area contributed by atoms with Crippen LogP contribution in [-0.2, 0) is 0 Å². The highest BCUT2D eigenvalue weighted by Gasteiger charge is 2.31. The molecule has 1 saturated carbocycles. The molecule has 0 aromatic carbocycles. The van der Waals surface area contributed by atoms with Crippen LogP contribution in [0.25, 0.3) is 0 Å². The maximum Gasteiger partial charge on any atom is 0.00966 e. The normalized spacial score (nSPS) is 28.9. The SMILES string of the molecule is CSCCC1CC(C(C)C)CCC1CNC(C)(C)C. The van der Waals surface area contributed by atoms with E-state index in [1.165, 1.54) is 38.0 Å². The Labute approximate surface area is 125 Å². The predicted octanol–water partition coefficient (Wildman–Crippen LogP) is 4.82. The van der Waals surface area contributed by atoms with Crippen LogP contribution in [0.3, 0.4) is 0 Å². The van der Waals surface area contributed by atoms with E-state index >= 15 is 0 Å². The molecule has 0 bridgehead atoms. The Bertz CT molecular complexity index is 244. The zero-order valence-corrected chi connectivity index (χ0v) is 14.8. The molecule has 0 aromatic heterocycles. The van der Waals surface area contributed by atoms with Crippen molar-refractivity contribution in [3.05, 3.63) is 0 Å². The third-order valence-electron chi connectivity index (χ3n) is 4.71. The van der Waals surface area contributed by atoms with Crippen LogP contribution in [0.15, 0.2) is 0 Å². The number of thioether (sulfide) groups is 1. The van der Waals surface area contributed by atoms with Crippen LogP contribution in [0.5, 0.6) is 0 Å². The maximum atomic E-state index is 3.74. The Kier molecular flexibility index (Phi) is 7.24. The summed E-state index contributed by atoms with van der Waals surface area (Å²) in [6, 6.07) is 0. The van der Waals surface area contributed by atoms with E-state index < -0.39 is 0 Å². The summed E-state index contributed by atoms with van der Waals surface area (Å²) in [6.45, 7) is 12.9. The summed E-state index contributed by atoms with van der Waals surface area (Å²) in [4.78, 5) is 0. The van der Waals surface area contributed by atoms with Gasteiger partial charge in [-0.3, -0.25) is 0 Å². The van der Waals surface area contributed by atoms with Crippen molar-refractivity contribution >= 4 is 11.8 Å². The zero-order chi connectivity index (χ0) is 14.5. The fraction of sp³-hybridized carbons (Fsp3) is 1.00. The molecule has 19 heavy (non-hydrogen) atoms. The monoisotopic (exact) mass is 285 g/mol. The lowest BCUT2D eigenvalue weighted by molar-refractivity contribution is 0.136. The van der Waals surface area contributed by atoms with Gasteiger partial charge in [-0.2, -0.15) is 11.8 Å². The summed E-state index contributed by atoms with van der Waals surface area (Å²) in [6.07, 6.45) is 8.01. The van der Waals surface area contributed by atoms with Crippen molar-refractivity contribution < 1.29 is 0 Å². The Morgan fingerprint density at radius 2 is 1.84 bits per heavy atom. The molecule has 0 saturated heterocycles. The van der Waals surface area contributed by atoms with E-state index in [2.05, 4.69) is 46.2 Å². The average Bonchev–Trinajstić information content (AvgIpc) is 2.33. The first-order chi connectivity index (χ1) is 8.83. The lowest BCUT2D eigenvalue weighted by Crippen LogP contribution is -2.42. The summed E-state index contributed by atoms with van der Waals surface area (Å²) in [5.74, 6) is 5.03. The molecule has 3 unspecified atom stereocenters. The van der Waals surface area contributed by atoms with Crippen molar-refractivity contribution in [3.8, 4) is 0 Å². The van der Waals surface area contributed by atoms with Crippen molar-refractivity contribution in [2.45, 2.75) is 65.8 Å². The molecule has 1 rings (SSSR count). The fourth-order valence-corrected chi connectivity index (χ4v) is 3.84. The fourth-order valence-electron chi connectivity index (χ4n) is 3.30. The second kappa shape index (κ2) is 7.93. The van der Waals surface area contributed by atoms with Crippen LogP contribution < -0.4 is 5.32 Å². The van der Waals surface area contributed by atoms with Gasteiger partial charge in [-0.15, -0.1) is 0 Å². The average molecular weight is 286 g/mol. The van der Waals surface area contributed by atoms with Crippen molar-refractivity contribution in [1.29, 1.82) is 0 Å². The standard InChI is InChI=1S/C17H35NS/c1-13(2)14-7-8-16(12-18-17(3,4)5)15(11-14)9-10-19-6/h13-16,18H,7-12H2,1-6H3. The van der Waals surface area contributed by atoms with Gasteiger partial charge in [0.1, 0.15) is 0 Å². The van der Waals surface area contributed by atoms with Gasteiger partial charge in [0.05, 0.1) is 0 Å². The zero-order valence-electron chi connectivity index (χ0n) is 14.0. The van der Waals surface area contributed by atoms with E-state index in [1.54, 1.807) is 0 Å². The minimum atomic E-state index is 0.263. The Morgan fingerprint density at radius 3 is 2.37 bits per heavy atom. The van der Waals surface area contributed by atoms with Crippen LogP contribution >= 0.6 is 11.8 Å². The maximum absolute atomic E-state index is 3.74. The second-order valence-electron chi connectivity index (χ2n) is 7.75. The molecule has 0 spiro atoms. The summed E-state index contributed by atoms with van der Waals surface area (Å²) < 4.78 is 0. The molecule has 114 valence electrons. The molecule has 1 aliphatic carbocycles. The lowest BCUT2D eigenvalue weighted by Gasteiger charge is -2.39. The van der Waals surface area contributed by atoms with Crippen LogP contribution in [0.1, 0.15) is 60.3 Å². The van der Waals surface area contributed by atoms with Gasteiger partial charge in [-0.1, -0.05) is 13.8 Å². The lowest BCUT2D eigenvalue weighted by atomic mass is 9.69. The molecule has 1 nitrogen and oxygen atoms in total. The van der Waals surface area contributed by atoms with E-state index in [0.717, 1.165) is 23.7 Å². The highest BCUT2D eigenvalue weighted by Crippen LogP contribution is 2.39. The third-order valence-corrected chi connectivity index (χ3v) is 5.35. The molecule has 0 radical (unpaired) electrons. The third kappa shape index (κ3) is 6.53. The van der Waals surface area contributed by atoms with Gasteiger partial charge in [0.25, 0.3) is 0 Å². The quantitative estimate of drug-likeness (QED) is 0.751. The molecule has 1 aliphatic rings. The van der Waals surface area contributed by atoms with Crippen LogP contribution in [0.4, 0.5) is 0 Å². The Balaban J connectivity index is 2.52. The highest BCUT2D eigenvalue weighted by atomic mass is 32.2. The summed E-state index contributed by atoms with van der Waals surface area (Å²) in [5, 5.41) is 3.74. The van der Waals surface area contributed by atoms with Gasteiger partial charge in [-0.25, -0.2) is 0 Å². The van der Waals surface area contributed by atoms with E-state index in [-0.39, 0.29) is 5.54 Å². The van der Waals surface area contributed by atoms with Crippen molar-refractivity contribution in [2.24, 2.45) is 23.7 Å². The van der Waals surface area contributed by atoms with E-state index in [9.17, 15) is 0 Å². The van der Waals surface area contributed by atoms with E-state index in [0.29, 0.717) is 0 Å². The Hall–Kier alpha value is 0.310. The van der Waals surface area contributed by atoms with Crippen molar-refractivity contribution in [3.63, 3.8) is 0 Å². The van der Waals surface area contributed by atoms with Crippen LogP contribution in [-0.4, -0.2) is 24.1 Å². The number of hydrogen-bond acceptors (Lipinski definition) is 2. The number of rotatable bonds is 6. The molecular weight excluding hydrogens is 250 g/mol. The van der Waals surface area contributed by atoms with Gasteiger partial charge < -0.3 is 5.32 Å². The summed E-state index contributed by atoms with van der Waals surface area (Å²) in [5.41, 5.74) is 0.263. The first kappa shape index (κ1) is 17.4. The van der Waals surface area contributed by atoms with Crippen molar-refractivity contribution in [2.75, 3.05) is 18.6 Å². The predicted molar refractivity (Wildman–Crippen MR) is 89.9 cm³/mol. The topological polar surface area (TPSA) is 12.0 Å². The van der Waals surface area contributed by atoms with Gasteiger partial charge in [0, 0.05) is 5.54 Å².